The quantitative estimate of drug-likeness (QED) is 0.470. The Morgan fingerprint density at radius 1 is 1.67 bits per heavy atom. The highest BCUT2D eigenvalue weighted by molar-refractivity contribution is 5.71. The monoisotopic (exact) mass is 132 g/mol. The number of primary amides is 1. The number of hydrogen-bond acceptors (Lipinski definition) is 2. The largest absolute Gasteiger partial charge is 0.391 e. The van der Waals surface area contributed by atoms with E-state index in [0.717, 1.165) is 0 Å². The van der Waals surface area contributed by atoms with E-state index < -0.39 is 12.1 Å². The molecule has 2 amide bonds. The van der Waals surface area contributed by atoms with Gasteiger partial charge in [0, 0.05) is 0 Å². The molecule has 0 spiro atoms. The van der Waals surface area contributed by atoms with Gasteiger partial charge in [0.25, 0.3) is 0 Å². The van der Waals surface area contributed by atoms with Crippen molar-refractivity contribution in [2.75, 3.05) is 0 Å². The van der Waals surface area contributed by atoms with Crippen molar-refractivity contribution in [1.29, 1.82) is 0 Å². The van der Waals surface area contributed by atoms with Crippen LogP contribution in [0.2, 0.25) is 0 Å². The highest BCUT2D eigenvalue weighted by atomic mass is 16.3. The normalized spacial score (nSPS) is 16.3. The standard InChI is InChI=1S/C5H12N2O2/c1-3(4(2)8)7-5(6)9/h3-4,8H,1-2H3,(H3,6,7,9). The molecule has 0 saturated carbocycles. The predicted molar refractivity (Wildman–Crippen MR) is 33.9 cm³/mol. The predicted octanol–water partition coefficient (Wildman–Crippen LogP) is -0.576. The Balaban J connectivity index is 3.50. The molecular formula is C5H12N2O2. The molecule has 0 saturated heterocycles. The summed E-state index contributed by atoms with van der Waals surface area (Å²) in [6.45, 7) is 3.26. The molecule has 0 aromatic rings. The van der Waals surface area contributed by atoms with Crippen LogP contribution >= 0.6 is 0 Å². The molecule has 2 unspecified atom stereocenters. The van der Waals surface area contributed by atoms with Crippen molar-refractivity contribution >= 4 is 6.03 Å². The lowest BCUT2D eigenvalue weighted by Gasteiger charge is -2.13. The van der Waals surface area contributed by atoms with Crippen molar-refractivity contribution in [2.24, 2.45) is 5.73 Å². The molecular weight excluding hydrogens is 120 g/mol. The number of carbonyl (C=O) groups excluding carboxylic acids is 1. The minimum atomic E-state index is -0.608. The van der Waals surface area contributed by atoms with Gasteiger partial charge in [-0.15, -0.1) is 0 Å². The molecule has 0 rings (SSSR count). The summed E-state index contributed by atoms with van der Waals surface area (Å²) in [6, 6.07) is -0.883. The third-order valence-electron chi connectivity index (χ3n) is 1.09. The molecule has 0 bridgehead atoms. The van der Waals surface area contributed by atoms with Crippen LogP contribution in [0.4, 0.5) is 4.79 Å². The molecule has 0 aromatic carbocycles. The second-order valence-electron chi connectivity index (χ2n) is 2.04. The van der Waals surface area contributed by atoms with Crippen LogP contribution in [0.25, 0.3) is 0 Å². The molecule has 0 aliphatic carbocycles. The van der Waals surface area contributed by atoms with Crippen LogP contribution < -0.4 is 11.1 Å². The topological polar surface area (TPSA) is 75.3 Å². The average Bonchev–Trinajstić information content (AvgIpc) is 1.63. The fourth-order valence-corrected chi connectivity index (χ4v) is 0.345. The Kier molecular flexibility index (Phi) is 3.01. The fraction of sp³-hybridized carbons (Fsp3) is 0.800. The van der Waals surface area contributed by atoms with Crippen molar-refractivity contribution in [3.8, 4) is 0 Å². The molecule has 0 aliphatic heterocycles. The summed E-state index contributed by atoms with van der Waals surface area (Å²) in [7, 11) is 0. The molecule has 4 heteroatoms. The number of amides is 2. The molecule has 2 atom stereocenters. The molecule has 9 heavy (non-hydrogen) atoms. The van der Waals surface area contributed by atoms with E-state index in [4.69, 9.17) is 10.8 Å². The van der Waals surface area contributed by atoms with Gasteiger partial charge in [-0.3, -0.25) is 0 Å². The van der Waals surface area contributed by atoms with Gasteiger partial charge in [-0.2, -0.15) is 0 Å². The number of rotatable bonds is 2. The van der Waals surface area contributed by atoms with Gasteiger partial charge in [0.15, 0.2) is 0 Å². The smallest absolute Gasteiger partial charge is 0.312 e. The van der Waals surface area contributed by atoms with E-state index in [0.29, 0.717) is 0 Å². The van der Waals surface area contributed by atoms with Crippen molar-refractivity contribution in [3.63, 3.8) is 0 Å². The first-order valence-electron chi connectivity index (χ1n) is 2.78. The molecule has 0 radical (unpaired) electrons. The summed E-state index contributed by atoms with van der Waals surface area (Å²) in [6.07, 6.45) is -0.558. The zero-order valence-corrected chi connectivity index (χ0v) is 5.59. The number of nitrogens with two attached hydrogens (primary N) is 1. The lowest BCUT2D eigenvalue weighted by molar-refractivity contribution is 0.154. The van der Waals surface area contributed by atoms with Crippen molar-refractivity contribution in [3.05, 3.63) is 0 Å². The summed E-state index contributed by atoms with van der Waals surface area (Å²) >= 11 is 0. The van der Waals surface area contributed by atoms with Crippen LogP contribution in [0.1, 0.15) is 13.8 Å². The van der Waals surface area contributed by atoms with Crippen LogP contribution in [0.5, 0.6) is 0 Å². The molecule has 4 nitrogen and oxygen atoms in total. The lowest BCUT2D eigenvalue weighted by atomic mass is 10.2. The summed E-state index contributed by atoms with van der Waals surface area (Å²) in [5, 5.41) is 11.1. The number of aliphatic hydroxyl groups excluding tert-OH is 1. The Morgan fingerprint density at radius 3 is 2.22 bits per heavy atom. The highest BCUT2D eigenvalue weighted by Crippen LogP contribution is 1.87. The molecule has 0 aliphatic rings. The third kappa shape index (κ3) is 3.78. The number of aliphatic hydroxyl groups is 1. The van der Waals surface area contributed by atoms with E-state index in [-0.39, 0.29) is 6.04 Å². The molecule has 0 aromatic heterocycles. The van der Waals surface area contributed by atoms with Gasteiger partial charge in [-0.25, -0.2) is 4.79 Å². The summed E-state index contributed by atoms with van der Waals surface area (Å²) in [5.41, 5.74) is 4.77. The average molecular weight is 132 g/mol. The zero-order chi connectivity index (χ0) is 7.44. The first-order chi connectivity index (χ1) is 4.04. The SMILES string of the molecule is CC(O)C(C)NC(N)=O. The second kappa shape index (κ2) is 3.29. The number of hydrogen-bond donors (Lipinski definition) is 3. The molecule has 0 heterocycles. The van der Waals surface area contributed by atoms with Gasteiger partial charge in [0.2, 0.25) is 0 Å². The molecule has 4 N–H and O–H groups in total. The van der Waals surface area contributed by atoms with Crippen LogP contribution in [-0.2, 0) is 0 Å². The maximum absolute atomic E-state index is 10.1. The van der Waals surface area contributed by atoms with Crippen LogP contribution in [0.3, 0.4) is 0 Å². The Morgan fingerprint density at radius 2 is 2.11 bits per heavy atom. The van der Waals surface area contributed by atoms with E-state index in [1.807, 2.05) is 0 Å². The van der Waals surface area contributed by atoms with E-state index >= 15 is 0 Å². The Bertz CT molecular complexity index is 103. The third-order valence-corrected chi connectivity index (χ3v) is 1.09. The van der Waals surface area contributed by atoms with Crippen molar-refractivity contribution in [2.45, 2.75) is 26.0 Å². The van der Waals surface area contributed by atoms with E-state index in [1.165, 1.54) is 0 Å². The fourth-order valence-electron chi connectivity index (χ4n) is 0.345. The highest BCUT2D eigenvalue weighted by Gasteiger charge is 2.08. The first kappa shape index (κ1) is 8.23. The van der Waals surface area contributed by atoms with Gasteiger partial charge < -0.3 is 16.2 Å². The number of carbonyl (C=O) groups is 1. The van der Waals surface area contributed by atoms with Crippen molar-refractivity contribution < 1.29 is 9.90 Å². The maximum atomic E-state index is 10.1. The van der Waals surface area contributed by atoms with Gasteiger partial charge in [0.05, 0.1) is 12.1 Å². The number of nitrogens with one attached hydrogen (secondary N) is 1. The first-order valence-corrected chi connectivity index (χ1v) is 2.78. The Hall–Kier alpha value is -0.770. The summed E-state index contributed by atoms with van der Waals surface area (Å²) in [5.74, 6) is 0. The zero-order valence-electron chi connectivity index (χ0n) is 5.59. The van der Waals surface area contributed by atoms with Gasteiger partial charge >= 0.3 is 6.03 Å². The summed E-state index contributed by atoms with van der Waals surface area (Å²) in [4.78, 5) is 10.1. The second-order valence-corrected chi connectivity index (χ2v) is 2.04. The van der Waals surface area contributed by atoms with Crippen molar-refractivity contribution in [1.82, 2.24) is 5.32 Å². The van der Waals surface area contributed by atoms with Crippen LogP contribution in [0.15, 0.2) is 0 Å². The van der Waals surface area contributed by atoms with E-state index in [9.17, 15) is 4.79 Å². The summed E-state index contributed by atoms with van der Waals surface area (Å²) < 4.78 is 0. The lowest BCUT2D eigenvalue weighted by Crippen LogP contribution is -2.42. The number of urea groups is 1. The van der Waals surface area contributed by atoms with Gasteiger partial charge in [-0.05, 0) is 13.8 Å². The minimum Gasteiger partial charge on any atom is -0.391 e. The maximum Gasteiger partial charge on any atom is 0.312 e. The van der Waals surface area contributed by atoms with E-state index in [2.05, 4.69) is 5.32 Å². The van der Waals surface area contributed by atoms with Gasteiger partial charge in [-0.1, -0.05) is 0 Å². The minimum absolute atomic E-state index is 0.275. The Labute approximate surface area is 54.0 Å². The van der Waals surface area contributed by atoms with Crippen LogP contribution in [0, 0.1) is 0 Å². The molecule has 0 fully saturated rings. The van der Waals surface area contributed by atoms with E-state index in [1.54, 1.807) is 13.8 Å². The molecule has 54 valence electrons. The van der Waals surface area contributed by atoms with Gasteiger partial charge in [0.1, 0.15) is 0 Å². The van der Waals surface area contributed by atoms with Crippen LogP contribution in [-0.4, -0.2) is 23.3 Å².